The van der Waals surface area contributed by atoms with Crippen molar-refractivity contribution < 1.29 is 19.1 Å². The van der Waals surface area contributed by atoms with E-state index in [1.165, 1.54) is 6.08 Å². The highest BCUT2D eigenvalue weighted by Gasteiger charge is 2.06. The van der Waals surface area contributed by atoms with Crippen molar-refractivity contribution in [1.82, 2.24) is 0 Å². The molecule has 0 aliphatic carbocycles. The maximum atomic E-state index is 12.3. The average Bonchev–Trinajstić information content (AvgIpc) is 2.81. The predicted molar refractivity (Wildman–Crippen MR) is 122 cm³/mol. The molecule has 1 N–H and O–H groups in total. The molecule has 0 atom stereocenters. The minimum Gasteiger partial charge on any atom is -0.490 e. The number of ether oxygens (including phenoxy) is 2. The van der Waals surface area contributed by atoms with Crippen molar-refractivity contribution in [2.24, 2.45) is 0 Å². The van der Waals surface area contributed by atoms with Gasteiger partial charge in [-0.3, -0.25) is 4.79 Å². The summed E-state index contributed by atoms with van der Waals surface area (Å²) in [6, 6.07) is 23.5. The highest BCUT2D eigenvalue weighted by molar-refractivity contribution is 6.04. The monoisotopic (exact) mass is 413 g/mol. The standard InChI is InChI=1S/C26H23NO4/c1-2-18-30-24-15-10-20(11-16-24)12-17-25(28)31-19-21-8-13-22(14-9-21)26(29)27-23-6-4-3-5-7-23/h2-17H,1,18-19H2,(H,27,29)/b17-12+. The van der Waals surface area contributed by atoms with Gasteiger partial charge in [-0.25, -0.2) is 4.79 Å². The molecule has 0 spiro atoms. The molecule has 156 valence electrons. The van der Waals surface area contributed by atoms with Gasteiger partial charge in [0.1, 0.15) is 19.0 Å². The maximum absolute atomic E-state index is 12.3. The summed E-state index contributed by atoms with van der Waals surface area (Å²) in [6.45, 7) is 4.17. The van der Waals surface area contributed by atoms with Crippen LogP contribution in [-0.4, -0.2) is 18.5 Å². The van der Waals surface area contributed by atoms with Crippen LogP contribution in [0.2, 0.25) is 0 Å². The van der Waals surface area contributed by atoms with Crippen LogP contribution in [0.4, 0.5) is 5.69 Å². The van der Waals surface area contributed by atoms with Gasteiger partial charge in [-0.2, -0.15) is 0 Å². The Balaban J connectivity index is 1.47. The molecule has 3 aromatic rings. The lowest BCUT2D eigenvalue weighted by atomic mass is 10.1. The number of carbonyl (C=O) groups is 2. The van der Waals surface area contributed by atoms with Gasteiger partial charge in [0.25, 0.3) is 5.91 Å². The number of nitrogens with one attached hydrogen (secondary N) is 1. The Morgan fingerprint density at radius 2 is 1.61 bits per heavy atom. The molecule has 0 saturated heterocycles. The topological polar surface area (TPSA) is 64.6 Å². The van der Waals surface area contributed by atoms with Crippen LogP contribution in [0.25, 0.3) is 6.08 Å². The molecule has 3 aromatic carbocycles. The summed E-state index contributed by atoms with van der Waals surface area (Å²) in [6.07, 6.45) is 4.73. The summed E-state index contributed by atoms with van der Waals surface area (Å²) in [5.74, 6) is 0.0944. The molecule has 0 unspecified atom stereocenters. The lowest BCUT2D eigenvalue weighted by Gasteiger charge is -2.06. The number of anilines is 1. The van der Waals surface area contributed by atoms with Crippen LogP contribution in [0.5, 0.6) is 5.75 Å². The van der Waals surface area contributed by atoms with Gasteiger partial charge in [-0.05, 0) is 53.6 Å². The minimum atomic E-state index is -0.446. The van der Waals surface area contributed by atoms with Gasteiger partial charge in [0, 0.05) is 17.3 Å². The summed E-state index contributed by atoms with van der Waals surface area (Å²) in [5, 5.41) is 2.83. The van der Waals surface area contributed by atoms with Gasteiger partial charge < -0.3 is 14.8 Å². The van der Waals surface area contributed by atoms with Crippen molar-refractivity contribution in [3.05, 3.63) is 114 Å². The summed E-state index contributed by atoms with van der Waals surface area (Å²) in [7, 11) is 0. The van der Waals surface area contributed by atoms with E-state index in [0.717, 1.165) is 22.6 Å². The third-order valence-electron chi connectivity index (χ3n) is 4.29. The van der Waals surface area contributed by atoms with E-state index in [0.29, 0.717) is 12.2 Å². The molecule has 0 fully saturated rings. The van der Waals surface area contributed by atoms with E-state index in [-0.39, 0.29) is 12.5 Å². The molecule has 0 saturated carbocycles. The second-order valence-electron chi connectivity index (χ2n) is 6.63. The van der Waals surface area contributed by atoms with Crippen molar-refractivity contribution in [3.8, 4) is 5.75 Å². The Morgan fingerprint density at radius 1 is 0.903 bits per heavy atom. The SMILES string of the molecule is C=CCOc1ccc(/C=C/C(=O)OCc2ccc(C(=O)Nc3ccccc3)cc2)cc1. The number of rotatable bonds is 9. The van der Waals surface area contributed by atoms with Crippen molar-refractivity contribution in [3.63, 3.8) is 0 Å². The largest absolute Gasteiger partial charge is 0.490 e. The molecule has 0 heterocycles. The van der Waals surface area contributed by atoms with Crippen LogP contribution in [0.15, 0.2) is 97.6 Å². The van der Waals surface area contributed by atoms with Crippen LogP contribution in [-0.2, 0) is 16.1 Å². The first-order valence-corrected chi connectivity index (χ1v) is 9.78. The lowest BCUT2D eigenvalue weighted by Crippen LogP contribution is -2.11. The number of hydrogen-bond acceptors (Lipinski definition) is 4. The fourth-order valence-corrected chi connectivity index (χ4v) is 2.67. The van der Waals surface area contributed by atoms with Crippen LogP contribution in [0.3, 0.4) is 0 Å². The summed E-state index contributed by atoms with van der Waals surface area (Å²) in [5.41, 5.74) is 2.91. The van der Waals surface area contributed by atoms with E-state index >= 15 is 0 Å². The van der Waals surface area contributed by atoms with Crippen LogP contribution < -0.4 is 10.1 Å². The number of amides is 1. The molecular weight excluding hydrogens is 390 g/mol. The second-order valence-corrected chi connectivity index (χ2v) is 6.63. The Labute approximate surface area is 181 Å². The molecule has 0 aliphatic heterocycles. The molecule has 0 aliphatic rings. The fraction of sp³-hybridized carbons (Fsp3) is 0.0769. The molecule has 3 rings (SSSR count). The number of hydrogen-bond donors (Lipinski definition) is 1. The normalized spacial score (nSPS) is 10.5. The average molecular weight is 413 g/mol. The zero-order valence-corrected chi connectivity index (χ0v) is 17.0. The van der Waals surface area contributed by atoms with Gasteiger partial charge in [0.15, 0.2) is 0 Å². The van der Waals surface area contributed by atoms with E-state index in [9.17, 15) is 9.59 Å². The second kappa shape index (κ2) is 11.2. The molecule has 0 radical (unpaired) electrons. The van der Waals surface area contributed by atoms with Crippen LogP contribution in [0.1, 0.15) is 21.5 Å². The summed E-state index contributed by atoms with van der Waals surface area (Å²) < 4.78 is 10.7. The zero-order valence-electron chi connectivity index (χ0n) is 17.0. The fourth-order valence-electron chi connectivity index (χ4n) is 2.67. The third kappa shape index (κ3) is 7.01. The van der Waals surface area contributed by atoms with Gasteiger partial charge in [0.2, 0.25) is 0 Å². The van der Waals surface area contributed by atoms with E-state index in [1.807, 2.05) is 54.6 Å². The number of esters is 1. The highest BCUT2D eigenvalue weighted by atomic mass is 16.5. The number of carbonyl (C=O) groups excluding carboxylic acids is 2. The number of para-hydroxylation sites is 1. The first kappa shape index (κ1) is 21.6. The molecule has 5 nitrogen and oxygen atoms in total. The first-order valence-electron chi connectivity index (χ1n) is 9.78. The van der Waals surface area contributed by atoms with Crippen molar-refractivity contribution >= 4 is 23.6 Å². The highest BCUT2D eigenvalue weighted by Crippen LogP contribution is 2.14. The Bertz CT molecular complexity index is 1040. The zero-order chi connectivity index (χ0) is 21.9. The van der Waals surface area contributed by atoms with E-state index in [4.69, 9.17) is 9.47 Å². The smallest absolute Gasteiger partial charge is 0.331 e. The Kier molecular flexibility index (Phi) is 7.77. The number of benzene rings is 3. The van der Waals surface area contributed by atoms with E-state index in [1.54, 1.807) is 36.4 Å². The van der Waals surface area contributed by atoms with Gasteiger partial charge in [0.05, 0.1) is 0 Å². The molecular formula is C26H23NO4. The molecule has 31 heavy (non-hydrogen) atoms. The van der Waals surface area contributed by atoms with Crippen LogP contribution in [0, 0.1) is 0 Å². The van der Waals surface area contributed by atoms with Gasteiger partial charge >= 0.3 is 5.97 Å². The third-order valence-corrected chi connectivity index (χ3v) is 4.29. The first-order chi connectivity index (χ1) is 15.1. The molecule has 0 bridgehead atoms. The maximum Gasteiger partial charge on any atom is 0.331 e. The summed E-state index contributed by atoms with van der Waals surface area (Å²) >= 11 is 0. The van der Waals surface area contributed by atoms with Gasteiger partial charge in [-0.15, -0.1) is 0 Å². The lowest BCUT2D eigenvalue weighted by molar-refractivity contribution is -0.138. The Hall–Kier alpha value is -4.12. The van der Waals surface area contributed by atoms with Crippen LogP contribution >= 0.6 is 0 Å². The van der Waals surface area contributed by atoms with E-state index < -0.39 is 5.97 Å². The van der Waals surface area contributed by atoms with E-state index in [2.05, 4.69) is 11.9 Å². The summed E-state index contributed by atoms with van der Waals surface area (Å²) in [4.78, 5) is 24.2. The minimum absolute atomic E-state index is 0.123. The molecule has 1 amide bonds. The Morgan fingerprint density at radius 3 is 2.29 bits per heavy atom. The quantitative estimate of drug-likeness (QED) is 0.295. The van der Waals surface area contributed by atoms with Gasteiger partial charge in [-0.1, -0.05) is 55.1 Å². The predicted octanol–water partition coefficient (Wildman–Crippen LogP) is 5.26. The molecule has 5 heteroatoms. The van der Waals surface area contributed by atoms with Crippen molar-refractivity contribution in [2.75, 3.05) is 11.9 Å². The van der Waals surface area contributed by atoms with Crippen molar-refractivity contribution in [1.29, 1.82) is 0 Å². The molecule has 0 aromatic heterocycles. The van der Waals surface area contributed by atoms with Crippen molar-refractivity contribution in [2.45, 2.75) is 6.61 Å².